The standard InChI is InChI=1S/C12H22N2O.ClH/c13-10-6-3-7-11(8-10)14-12(15)9-4-1-2-5-9;/h9-11H,1-8,13H2,(H,14,15);1H. The number of hydrogen-bond donors (Lipinski definition) is 2. The second-order valence-electron chi connectivity index (χ2n) is 5.11. The smallest absolute Gasteiger partial charge is 0.223 e. The third-order valence-corrected chi connectivity index (χ3v) is 3.79. The first-order valence-electron chi connectivity index (χ1n) is 6.31. The minimum atomic E-state index is 0. The van der Waals surface area contributed by atoms with Crippen LogP contribution in [0.1, 0.15) is 51.4 Å². The zero-order chi connectivity index (χ0) is 10.7. The molecule has 0 radical (unpaired) electrons. The van der Waals surface area contributed by atoms with Gasteiger partial charge in [-0.05, 0) is 38.5 Å². The summed E-state index contributed by atoms with van der Waals surface area (Å²) < 4.78 is 0. The van der Waals surface area contributed by atoms with Crippen molar-refractivity contribution in [3.8, 4) is 0 Å². The highest BCUT2D eigenvalue weighted by molar-refractivity contribution is 5.85. The molecule has 0 heterocycles. The van der Waals surface area contributed by atoms with Gasteiger partial charge < -0.3 is 11.1 Å². The van der Waals surface area contributed by atoms with Gasteiger partial charge in [0.05, 0.1) is 0 Å². The van der Waals surface area contributed by atoms with Gasteiger partial charge in [-0.25, -0.2) is 0 Å². The lowest BCUT2D eigenvalue weighted by molar-refractivity contribution is -0.125. The van der Waals surface area contributed by atoms with Gasteiger partial charge in [0, 0.05) is 18.0 Å². The lowest BCUT2D eigenvalue weighted by atomic mass is 9.91. The number of halogens is 1. The first-order valence-corrected chi connectivity index (χ1v) is 6.31. The maximum atomic E-state index is 11.9. The molecule has 0 aliphatic heterocycles. The van der Waals surface area contributed by atoms with Crippen LogP contribution in [-0.4, -0.2) is 18.0 Å². The number of nitrogens with two attached hydrogens (primary N) is 1. The second-order valence-corrected chi connectivity index (χ2v) is 5.11. The predicted octanol–water partition coefficient (Wildman–Crippen LogP) is 1.98. The molecule has 1 amide bonds. The molecule has 0 bridgehead atoms. The summed E-state index contributed by atoms with van der Waals surface area (Å²) in [5, 5.41) is 3.17. The molecule has 3 N–H and O–H groups in total. The summed E-state index contributed by atoms with van der Waals surface area (Å²) in [6, 6.07) is 0.648. The molecule has 0 aromatic heterocycles. The average molecular weight is 247 g/mol. The minimum Gasteiger partial charge on any atom is -0.353 e. The van der Waals surface area contributed by atoms with Crippen LogP contribution in [0.25, 0.3) is 0 Å². The van der Waals surface area contributed by atoms with Crippen molar-refractivity contribution < 1.29 is 4.79 Å². The molecule has 16 heavy (non-hydrogen) atoms. The highest BCUT2D eigenvalue weighted by Gasteiger charge is 2.26. The van der Waals surface area contributed by atoms with Crippen LogP contribution < -0.4 is 11.1 Å². The lowest BCUT2D eigenvalue weighted by Crippen LogP contribution is -2.44. The van der Waals surface area contributed by atoms with Crippen molar-refractivity contribution in [1.29, 1.82) is 0 Å². The molecule has 94 valence electrons. The summed E-state index contributed by atoms with van der Waals surface area (Å²) in [7, 11) is 0. The zero-order valence-corrected chi connectivity index (χ0v) is 10.6. The van der Waals surface area contributed by atoms with Crippen molar-refractivity contribution in [2.24, 2.45) is 11.7 Å². The van der Waals surface area contributed by atoms with E-state index >= 15 is 0 Å². The van der Waals surface area contributed by atoms with E-state index in [-0.39, 0.29) is 18.3 Å². The van der Waals surface area contributed by atoms with E-state index in [1.165, 1.54) is 12.8 Å². The van der Waals surface area contributed by atoms with Gasteiger partial charge >= 0.3 is 0 Å². The maximum absolute atomic E-state index is 11.9. The van der Waals surface area contributed by atoms with Crippen LogP contribution in [-0.2, 0) is 4.79 Å². The number of carbonyl (C=O) groups excluding carboxylic acids is 1. The van der Waals surface area contributed by atoms with Crippen LogP contribution >= 0.6 is 12.4 Å². The van der Waals surface area contributed by atoms with Crippen molar-refractivity contribution in [3.05, 3.63) is 0 Å². The minimum absolute atomic E-state index is 0. The van der Waals surface area contributed by atoms with Gasteiger partial charge in [0.1, 0.15) is 0 Å². The van der Waals surface area contributed by atoms with Crippen molar-refractivity contribution in [3.63, 3.8) is 0 Å². The Balaban J connectivity index is 0.00000128. The quantitative estimate of drug-likeness (QED) is 0.783. The molecule has 3 nitrogen and oxygen atoms in total. The highest BCUT2D eigenvalue weighted by atomic mass is 35.5. The molecular weight excluding hydrogens is 224 g/mol. The zero-order valence-electron chi connectivity index (χ0n) is 9.78. The Bertz CT molecular complexity index is 229. The van der Waals surface area contributed by atoms with Crippen LogP contribution in [0.2, 0.25) is 0 Å². The molecule has 0 aromatic carbocycles. The molecule has 0 aromatic rings. The SMILES string of the molecule is Cl.NC1CCCC(NC(=O)C2CCCC2)C1. The Hall–Kier alpha value is -0.280. The molecule has 0 saturated heterocycles. The Morgan fingerprint density at radius 2 is 1.75 bits per heavy atom. The molecular formula is C12H23ClN2O. The fourth-order valence-electron chi connectivity index (χ4n) is 2.87. The number of amides is 1. The number of nitrogens with one attached hydrogen (secondary N) is 1. The van der Waals surface area contributed by atoms with Gasteiger partial charge in [-0.15, -0.1) is 12.4 Å². The normalized spacial score (nSPS) is 30.8. The Morgan fingerprint density at radius 1 is 1.06 bits per heavy atom. The number of carbonyl (C=O) groups is 1. The van der Waals surface area contributed by atoms with Crippen LogP contribution in [0.3, 0.4) is 0 Å². The Morgan fingerprint density at radius 3 is 2.38 bits per heavy atom. The molecule has 2 aliphatic carbocycles. The molecule has 0 spiro atoms. The Labute approximate surface area is 104 Å². The van der Waals surface area contributed by atoms with Crippen molar-refractivity contribution >= 4 is 18.3 Å². The highest BCUT2D eigenvalue weighted by Crippen LogP contribution is 2.25. The van der Waals surface area contributed by atoms with Crippen molar-refractivity contribution in [2.45, 2.75) is 63.5 Å². The van der Waals surface area contributed by atoms with Crippen molar-refractivity contribution in [2.75, 3.05) is 0 Å². The lowest BCUT2D eigenvalue weighted by Gasteiger charge is -2.28. The molecule has 2 rings (SSSR count). The first kappa shape index (κ1) is 13.8. The summed E-state index contributed by atoms with van der Waals surface area (Å²) in [6.07, 6.45) is 9.00. The van der Waals surface area contributed by atoms with E-state index in [0.717, 1.165) is 38.5 Å². The number of rotatable bonds is 2. The molecule has 4 heteroatoms. The summed E-state index contributed by atoms with van der Waals surface area (Å²) in [6.45, 7) is 0. The van der Waals surface area contributed by atoms with E-state index in [0.29, 0.717) is 18.0 Å². The molecule has 2 unspecified atom stereocenters. The Kier molecular flexibility index (Phi) is 5.56. The van der Waals surface area contributed by atoms with Crippen LogP contribution in [0.4, 0.5) is 0 Å². The van der Waals surface area contributed by atoms with Gasteiger partial charge in [0.25, 0.3) is 0 Å². The third-order valence-electron chi connectivity index (χ3n) is 3.79. The predicted molar refractivity (Wildman–Crippen MR) is 67.6 cm³/mol. The molecule has 2 saturated carbocycles. The summed E-state index contributed by atoms with van der Waals surface area (Å²) in [5.41, 5.74) is 5.90. The van der Waals surface area contributed by atoms with E-state index < -0.39 is 0 Å². The largest absolute Gasteiger partial charge is 0.353 e. The summed E-state index contributed by atoms with van der Waals surface area (Å²) >= 11 is 0. The fourth-order valence-corrected chi connectivity index (χ4v) is 2.87. The average Bonchev–Trinajstić information content (AvgIpc) is 2.70. The summed E-state index contributed by atoms with van der Waals surface area (Å²) in [4.78, 5) is 11.9. The first-order chi connectivity index (χ1) is 7.25. The van der Waals surface area contributed by atoms with Crippen LogP contribution in [0, 0.1) is 5.92 Å². The van der Waals surface area contributed by atoms with Gasteiger partial charge in [-0.1, -0.05) is 12.8 Å². The summed E-state index contributed by atoms with van der Waals surface area (Å²) in [5.74, 6) is 0.578. The fraction of sp³-hybridized carbons (Fsp3) is 0.917. The van der Waals surface area contributed by atoms with Gasteiger partial charge in [0.2, 0.25) is 5.91 Å². The van der Waals surface area contributed by atoms with Gasteiger partial charge in [0.15, 0.2) is 0 Å². The molecule has 2 atom stereocenters. The van der Waals surface area contributed by atoms with E-state index in [2.05, 4.69) is 5.32 Å². The van der Waals surface area contributed by atoms with Crippen molar-refractivity contribution in [1.82, 2.24) is 5.32 Å². The van der Waals surface area contributed by atoms with E-state index in [9.17, 15) is 4.79 Å². The van der Waals surface area contributed by atoms with Gasteiger partial charge in [-0.3, -0.25) is 4.79 Å². The third kappa shape index (κ3) is 3.63. The van der Waals surface area contributed by atoms with Crippen LogP contribution in [0.15, 0.2) is 0 Å². The monoisotopic (exact) mass is 246 g/mol. The van der Waals surface area contributed by atoms with Gasteiger partial charge in [-0.2, -0.15) is 0 Å². The molecule has 2 aliphatic rings. The van der Waals surface area contributed by atoms with Crippen LogP contribution in [0.5, 0.6) is 0 Å². The molecule has 2 fully saturated rings. The topological polar surface area (TPSA) is 55.1 Å². The van der Waals surface area contributed by atoms with E-state index in [1.807, 2.05) is 0 Å². The maximum Gasteiger partial charge on any atom is 0.223 e. The van der Waals surface area contributed by atoms with E-state index in [4.69, 9.17) is 5.73 Å². The second kappa shape index (κ2) is 6.45. The van der Waals surface area contributed by atoms with E-state index in [1.54, 1.807) is 0 Å². The number of hydrogen-bond acceptors (Lipinski definition) is 2.